The van der Waals surface area contributed by atoms with Crippen LogP contribution < -0.4 is 9.80 Å². The molecule has 2 amide bonds. The van der Waals surface area contributed by atoms with E-state index in [-0.39, 0.29) is 18.4 Å². The van der Waals surface area contributed by atoms with Crippen molar-refractivity contribution in [1.29, 1.82) is 0 Å². The van der Waals surface area contributed by atoms with E-state index in [1.54, 1.807) is 12.1 Å². The van der Waals surface area contributed by atoms with E-state index in [2.05, 4.69) is 0 Å². The van der Waals surface area contributed by atoms with Crippen LogP contribution in [0.15, 0.2) is 71.3 Å². The summed E-state index contributed by atoms with van der Waals surface area (Å²) in [6.07, 6.45) is 1.52. The average Bonchev–Trinajstić information content (AvgIpc) is 3.19. The van der Waals surface area contributed by atoms with Gasteiger partial charge in [-0.15, -0.1) is 0 Å². The Morgan fingerprint density at radius 2 is 1.44 bits per heavy atom. The SMILES string of the molecule is Cc1ccc(N2CC(=O)N(c3ccc(C)cc3)[C@@H](c3ccco3)C2=O)cc1. The molecule has 1 aliphatic rings. The Hall–Kier alpha value is -3.34. The number of aryl methyl sites for hydroxylation is 2. The lowest BCUT2D eigenvalue weighted by Gasteiger charge is -2.39. The van der Waals surface area contributed by atoms with Gasteiger partial charge in [0, 0.05) is 11.4 Å². The molecule has 0 saturated carbocycles. The minimum absolute atomic E-state index is 0.00696. The first-order chi connectivity index (χ1) is 13.0. The number of hydrogen-bond donors (Lipinski definition) is 0. The van der Waals surface area contributed by atoms with E-state index in [0.29, 0.717) is 17.1 Å². The Morgan fingerprint density at radius 3 is 2.00 bits per heavy atom. The number of benzene rings is 2. The van der Waals surface area contributed by atoms with Crippen LogP contribution >= 0.6 is 0 Å². The van der Waals surface area contributed by atoms with E-state index >= 15 is 0 Å². The fourth-order valence-corrected chi connectivity index (χ4v) is 3.33. The minimum Gasteiger partial charge on any atom is -0.467 e. The first-order valence-corrected chi connectivity index (χ1v) is 8.85. The number of carbonyl (C=O) groups is 2. The predicted octanol–water partition coefficient (Wildman–Crippen LogP) is 4.02. The lowest BCUT2D eigenvalue weighted by molar-refractivity contribution is -0.129. The highest BCUT2D eigenvalue weighted by molar-refractivity contribution is 6.14. The zero-order valence-electron chi connectivity index (χ0n) is 15.3. The van der Waals surface area contributed by atoms with Crippen molar-refractivity contribution in [2.24, 2.45) is 0 Å². The second kappa shape index (κ2) is 6.76. The zero-order valence-corrected chi connectivity index (χ0v) is 15.3. The van der Waals surface area contributed by atoms with Gasteiger partial charge in [0.25, 0.3) is 5.91 Å². The van der Waals surface area contributed by atoms with Gasteiger partial charge in [-0.3, -0.25) is 14.5 Å². The number of carbonyl (C=O) groups excluding carboxylic acids is 2. The molecular formula is C22H20N2O3. The van der Waals surface area contributed by atoms with E-state index < -0.39 is 6.04 Å². The first-order valence-electron chi connectivity index (χ1n) is 8.85. The maximum Gasteiger partial charge on any atom is 0.258 e. The summed E-state index contributed by atoms with van der Waals surface area (Å²) in [4.78, 5) is 29.5. The third-order valence-electron chi connectivity index (χ3n) is 4.79. The second-order valence-electron chi connectivity index (χ2n) is 6.78. The highest BCUT2D eigenvalue weighted by atomic mass is 16.3. The zero-order chi connectivity index (χ0) is 19.0. The molecule has 5 nitrogen and oxygen atoms in total. The number of rotatable bonds is 3. The topological polar surface area (TPSA) is 53.8 Å². The van der Waals surface area contributed by atoms with E-state index in [1.165, 1.54) is 16.1 Å². The van der Waals surface area contributed by atoms with Crippen molar-refractivity contribution in [3.8, 4) is 0 Å². The van der Waals surface area contributed by atoms with Crippen LogP contribution in [0.2, 0.25) is 0 Å². The van der Waals surface area contributed by atoms with Gasteiger partial charge in [-0.1, -0.05) is 35.4 Å². The third kappa shape index (κ3) is 3.12. The van der Waals surface area contributed by atoms with E-state index in [0.717, 1.165) is 11.1 Å². The molecule has 1 atom stereocenters. The molecule has 4 rings (SSSR count). The van der Waals surface area contributed by atoms with Crippen LogP contribution in [-0.2, 0) is 9.59 Å². The van der Waals surface area contributed by atoms with Gasteiger partial charge in [-0.2, -0.15) is 0 Å². The molecule has 0 bridgehead atoms. The molecule has 0 unspecified atom stereocenters. The van der Waals surface area contributed by atoms with Crippen molar-refractivity contribution in [2.75, 3.05) is 16.3 Å². The summed E-state index contributed by atoms with van der Waals surface area (Å²) in [5.41, 5.74) is 3.58. The van der Waals surface area contributed by atoms with Crippen LogP contribution in [0.5, 0.6) is 0 Å². The van der Waals surface area contributed by atoms with Crippen molar-refractivity contribution in [3.05, 3.63) is 83.8 Å². The number of anilines is 2. The number of furan rings is 1. The van der Waals surface area contributed by atoms with E-state index in [4.69, 9.17) is 4.42 Å². The molecule has 1 saturated heterocycles. The molecule has 1 aromatic heterocycles. The summed E-state index contributed by atoms with van der Waals surface area (Å²) >= 11 is 0. The summed E-state index contributed by atoms with van der Waals surface area (Å²) < 4.78 is 5.53. The van der Waals surface area contributed by atoms with Gasteiger partial charge in [0.1, 0.15) is 12.3 Å². The predicted molar refractivity (Wildman–Crippen MR) is 104 cm³/mol. The van der Waals surface area contributed by atoms with Crippen molar-refractivity contribution >= 4 is 23.2 Å². The number of nitrogens with zero attached hydrogens (tertiary/aromatic N) is 2. The summed E-state index contributed by atoms with van der Waals surface area (Å²) in [5, 5.41) is 0. The standard InChI is InChI=1S/C22H20N2O3/c1-15-5-9-17(10-6-15)23-14-20(25)24(18-11-7-16(2)8-12-18)21(22(23)26)19-4-3-13-27-19/h3-13,21H,14H2,1-2H3/t21-/m0/s1. The average molecular weight is 360 g/mol. The summed E-state index contributed by atoms with van der Waals surface area (Å²) in [5.74, 6) is 0.111. The number of hydrogen-bond acceptors (Lipinski definition) is 3. The van der Waals surface area contributed by atoms with Gasteiger partial charge >= 0.3 is 0 Å². The molecular weight excluding hydrogens is 340 g/mol. The molecule has 5 heteroatoms. The minimum atomic E-state index is -0.828. The molecule has 2 aromatic carbocycles. The van der Waals surface area contributed by atoms with Gasteiger partial charge in [-0.25, -0.2) is 0 Å². The Kier molecular flexibility index (Phi) is 4.28. The molecule has 0 radical (unpaired) electrons. The van der Waals surface area contributed by atoms with Crippen LogP contribution in [0.1, 0.15) is 22.9 Å². The van der Waals surface area contributed by atoms with Crippen LogP contribution in [0.25, 0.3) is 0 Å². The molecule has 136 valence electrons. The Morgan fingerprint density at radius 1 is 0.852 bits per heavy atom. The highest BCUT2D eigenvalue weighted by Gasteiger charge is 2.43. The van der Waals surface area contributed by atoms with Gasteiger partial charge in [0.15, 0.2) is 6.04 Å². The fourth-order valence-electron chi connectivity index (χ4n) is 3.33. The lowest BCUT2D eigenvalue weighted by atomic mass is 10.0. The molecule has 2 heterocycles. The summed E-state index contributed by atoms with van der Waals surface area (Å²) in [6.45, 7) is 3.96. The first kappa shape index (κ1) is 17.1. The van der Waals surface area contributed by atoms with Gasteiger partial charge in [0.2, 0.25) is 5.91 Å². The molecule has 0 spiro atoms. The van der Waals surface area contributed by atoms with Crippen LogP contribution in [-0.4, -0.2) is 18.4 Å². The Bertz CT molecular complexity index is 960. The molecule has 0 aliphatic carbocycles. The van der Waals surface area contributed by atoms with Crippen LogP contribution in [0.3, 0.4) is 0 Å². The van der Waals surface area contributed by atoms with Gasteiger partial charge in [-0.05, 0) is 50.2 Å². The Balaban J connectivity index is 1.77. The molecule has 3 aromatic rings. The maximum absolute atomic E-state index is 13.4. The third-order valence-corrected chi connectivity index (χ3v) is 4.79. The Labute approximate surface area is 157 Å². The number of piperazine rings is 1. The second-order valence-corrected chi connectivity index (χ2v) is 6.78. The van der Waals surface area contributed by atoms with Crippen LogP contribution in [0.4, 0.5) is 11.4 Å². The fraction of sp³-hybridized carbons (Fsp3) is 0.182. The quantitative estimate of drug-likeness (QED) is 0.709. The van der Waals surface area contributed by atoms with Crippen molar-refractivity contribution in [1.82, 2.24) is 0 Å². The van der Waals surface area contributed by atoms with Gasteiger partial charge < -0.3 is 9.32 Å². The monoisotopic (exact) mass is 360 g/mol. The normalized spacial score (nSPS) is 17.5. The lowest BCUT2D eigenvalue weighted by Crippen LogP contribution is -2.56. The van der Waals surface area contributed by atoms with Crippen LogP contribution in [0, 0.1) is 13.8 Å². The van der Waals surface area contributed by atoms with E-state index in [1.807, 2.05) is 62.4 Å². The molecule has 1 aliphatic heterocycles. The van der Waals surface area contributed by atoms with E-state index in [9.17, 15) is 9.59 Å². The smallest absolute Gasteiger partial charge is 0.258 e. The largest absolute Gasteiger partial charge is 0.467 e. The molecule has 0 N–H and O–H groups in total. The number of amides is 2. The van der Waals surface area contributed by atoms with Crippen molar-refractivity contribution < 1.29 is 14.0 Å². The maximum atomic E-state index is 13.4. The molecule has 1 fully saturated rings. The highest BCUT2D eigenvalue weighted by Crippen LogP contribution is 2.34. The van der Waals surface area contributed by atoms with Crippen molar-refractivity contribution in [3.63, 3.8) is 0 Å². The molecule has 27 heavy (non-hydrogen) atoms. The van der Waals surface area contributed by atoms with Crippen molar-refractivity contribution in [2.45, 2.75) is 19.9 Å². The summed E-state index contributed by atoms with van der Waals surface area (Å²) in [7, 11) is 0. The van der Waals surface area contributed by atoms with Gasteiger partial charge in [0.05, 0.1) is 6.26 Å². The summed E-state index contributed by atoms with van der Waals surface area (Å²) in [6, 6.07) is 17.8.